The number of anilines is 9. The molecule has 56 heavy (non-hydrogen) atoms. The van der Waals surface area contributed by atoms with Gasteiger partial charge in [-0.15, -0.1) is 0 Å². The Kier molecular flexibility index (Phi) is 7.90. The number of hydrogen-bond donors (Lipinski definition) is 0. The highest BCUT2D eigenvalue weighted by Crippen LogP contribution is 2.53. The molecule has 0 saturated carbocycles. The van der Waals surface area contributed by atoms with Crippen LogP contribution in [0.5, 0.6) is 0 Å². The van der Waals surface area contributed by atoms with Crippen LogP contribution in [0.4, 0.5) is 51.2 Å². The van der Waals surface area contributed by atoms with E-state index in [1.54, 1.807) is 0 Å². The number of aryl methyl sites for hydroxylation is 2. The minimum absolute atomic E-state index is 0.0855. The number of hydrogen-bond acceptors (Lipinski definition) is 5. The van der Waals surface area contributed by atoms with Gasteiger partial charge in [-0.2, -0.15) is 0 Å². The van der Waals surface area contributed by atoms with E-state index in [1.165, 1.54) is 86.9 Å². The molecule has 0 fully saturated rings. The minimum Gasteiger partial charge on any atom is -0.312 e. The van der Waals surface area contributed by atoms with E-state index in [0.717, 1.165) is 11.4 Å². The molecule has 11 rings (SSSR count). The molecule has 3 heterocycles. The van der Waals surface area contributed by atoms with Crippen LogP contribution in [0.3, 0.4) is 0 Å². The topological polar surface area (TPSA) is 9.72 Å². The second-order valence-corrected chi connectivity index (χ2v) is 16.8. The van der Waals surface area contributed by atoms with Crippen LogP contribution in [0.2, 0.25) is 0 Å². The third-order valence-electron chi connectivity index (χ3n) is 11.3. The summed E-state index contributed by atoms with van der Waals surface area (Å²) >= 11 is 3.69. The maximum absolute atomic E-state index is 2.46. The smallest absolute Gasteiger partial charge is 0.247 e. The number of para-hydroxylation sites is 6. The highest BCUT2D eigenvalue weighted by molar-refractivity contribution is 8.00. The van der Waals surface area contributed by atoms with Gasteiger partial charge in [0.1, 0.15) is 0 Å². The van der Waals surface area contributed by atoms with E-state index < -0.39 is 0 Å². The quantitative estimate of drug-likeness (QED) is 0.165. The van der Waals surface area contributed by atoms with Crippen LogP contribution in [0.1, 0.15) is 11.1 Å². The van der Waals surface area contributed by atoms with Crippen molar-refractivity contribution >= 4 is 97.8 Å². The third kappa shape index (κ3) is 5.24. The predicted molar refractivity (Wildman–Crippen MR) is 239 cm³/mol. The predicted octanol–water partition coefficient (Wildman–Crippen LogP) is 12.5. The molecule has 8 aromatic carbocycles. The summed E-state index contributed by atoms with van der Waals surface area (Å²) in [5.74, 6) is 0. The lowest BCUT2D eigenvalue weighted by molar-refractivity contribution is 1.16. The fraction of sp³-hybridized carbons (Fsp3) is 0.0400. The third-order valence-corrected chi connectivity index (χ3v) is 13.6. The van der Waals surface area contributed by atoms with Crippen molar-refractivity contribution in [2.24, 2.45) is 0 Å². The van der Waals surface area contributed by atoms with Gasteiger partial charge in [0.25, 0.3) is 0 Å². The molecule has 8 aromatic rings. The van der Waals surface area contributed by atoms with Crippen molar-refractivity contribution in [3.8, 4) is 0 Å². The first-order chi connectivity index (χ1) is 27.6. The van der Waals surface area contributed by atoms with Gasteiger partial charge in [0.15, 0.2) is 0 Å². The summed E-state index contributed by atoms with van der Waals surface area (Å²) in [6.07, 6.45) is 0. The molecule has 0 saturated heterocycles. The summed E-state index contributed by atoms with van der Waals surface area (Å²) in [4.78, 5) is 12.4. The van der Waals surface area contributed by atoms with Crippen molar-refractivity contribution in [2.45, 2.75) is 33.4 Å². The van der Waals surface area contributed by atoms with Gasteiger partial charge in [-0.1, -0.05) is 125 Å². The first-order valence-corrected chi connectivity index (χ1v) is 20.8. The Bertz CT molecular complexity index is 2670. The molecule has 0 aromatic heterocycles. The van der Waals surface area contributed by atoms with Crippen LogP contribution in [-0.2, 0) is 0 Å². The normalized spacial score (nSPS) is 13.6. The molecule has 3 aliphatic rings. The van der Waals surface area contributed by atoms with E-state index >= 15 is 0 Å². The van der Waals surface area contributed by atoms with Crippen molar-refractivity contribution in [3.63, 3.8) is 0 Å². The number of rotatable bonds is 4. The fourth-order valence-corrected chi connectivity index (χ4v) is 11.1. The number of benzene rings is 8. The van der Waals surface area contributed by atoms with Gasteiger partial charge >= 0.3 is 0 Å². The molecule has 0 bridgehead atoms. The molecule has 6 heteroatoms. The molecular weight excluding hydrogens is 718 g/mol. The molecule has 0 amide bonds. The molecule has 0 unspecified atom stereocenters. The zero-order valence-electron chi connectivity index (χ0n) is 31.1. The molecular formula is C50H36BN3S2. The van der Waals surface area contributed by atoms with E-state index in [9.17, 15) is 0 Å². The van der Waals surface area contributed by atoms with E-state index in [0.29, 0.717) is 0 Å². The lowest BCUT2D eigenvalue weighted by Crippen LogP contribution is -2.58. The molecule has 0 spiro atoms. The van der Waals surface area contributed by atoms with Crippen molar-refractivity contribution in [1.82, 2.24) is 0 Å². The van der Waals surface area contributed by atoms with Gasteiger partial charge in [0, 0.05) is 48.0 Å². The van der Waals surface area contributed by atoms with Crippen molar-refractivity contribution in [3.05, 3.63) is 193 Å². The SMILES string of the molecule is Cc1cc(N2c3ccccc3Sc3ccccc32)cc(C)c1B1c2ccccc2N(c2ccc(N3c4ccccc4Sc4ccccc43)cc2)c2ccccc21. The van der Waals surface area contributed by atoms with E-state index in [4.69, 9.17) is 0 Å². The summed E-state index contributed by atoms with van der Waals surface area (Å²) in [6, 6.07) is 66.9. The van der Waals surface area contributed by atoms with Gasteiger partial charge in [0.05, 0.1) is 22.7 Å². The van der Waals surface area contributed by atoms with Crippen molar-refractivity contribution in [2.75, 3.05) is 14.7 Å². The van der Waals surface area contributed by atoms with E-state index in [-0.39, 0.29) is 6.71 Å². The second kappa shape index (κ2) is 13.3. The van der Waals surface area contributed by atoms with E-state index in [1.807, 2.05) is 23.5 Å². The Labute approximate surface area is 337 Å². The van der Waals surface area contributed by atoms with Gasteiger partial charge in [0.2, 0.25) is 6.71 Å². The molecule has 0 aliphatic carbocycles. The lowest BCUT2D eigenvalue weighted by Gasteiger charge is -2.38. The van der Waals surface area contributed by atoms with Crippen LogP contribution < -0.4 is 31.1 Å². The maximum atomic E-state index is 2.46. The monoisotopic (exact) mass is 753 g/mol. The summed E-state index contributed by atoms with van der Waals surface area (Å²) in [6.45, 7) is 4.68. The molecule has 3 aliphatic heterocycles. The second-order valence-electron chi connectivity index (χ2n) is 14.6. The Balaban J connectivity index is 1.01. The van der Waals surface area contributed by atoms with Crippen LogP contribution in [0, 0.1) is 13.8 Å². The largest absolute Gasteiger partial charge is 0.312 e. The minimum atomic E-state index is 0.0855. The summed E-state index contributed by atoms with van der Waals surface area (Å²) in [5.41, 5.74) is 17.4. The fourth-order valence-electron chi connectivity index (χ4n) is 9.01. The van der Waals surface area contributed by atoms with Crippen LogP contribution in [-0.4, -0.2) is 6.71 Å². The van der Waals surface area contributed by atoms with Gasteiger partial charge in [-0.25, -0.2) is 0 Å². The average Bonchev–Trinajstić information content (AvgIpc) is 3.24. The van der Waals surface area contributed by atoms with Crippen molar-refractivity contribution < 1.29 is 0 Å². The molecule has 0 radical (unpaired) electrons. The molecule has 3 nitrogen and oxygen atoms in total. The first kappa shape index (κ1) is 33.3. The standard InChI is InChI=1S/C50H36BN3S2/c1-33-31-37(54-44-21-9-13-25-48(44)56-49-26-14-10-22-45(49)54)32-34(2)50(33)51-38-15-3-5-17-40(38)52(41-18-6-4-16-39(41)51)35-27-29-36(30-28-35)53-42-19-7-11-23-46(42)55-47-24-12-8-20-43(47)53/h3-32H,1-2H3. The van der Waals surface area contributed by atoms with Crippen LogP contribution in [0.25, 0.3) is 0 Å². The zero-order valence-corrected chi connectivity index (χ0v) is 32.7. The highest BCUT2D eigenvalue weighted by atomic mass is 32.2. The number of nitrogens with zero attached hydrogens (tertiary/aromatic N) is 3. The maximum Gasteiger partial charge on any atom is 0.247 e. The average molecular weight is 754 g/mol. The van der Waals surface area contributed by atoms with Crippen LogP contribution in [0.15, 0.2) is 202 Å². The Hall–Kier alpha value is -6.08. The zero-order chi connectivity index (χ0) is 37.3. The van der Waals surface area contributed by atoms with E-state index in [2.05, 4.69) is 211 Å². The number of fused-ring (bicyclic) bond motifs is 6. The highest BCUT2D eigenvalue weighted by Gasteiger charge is 2.37. The van der Waals surface area contributed by atoms with Gasteiger partial charge in [-0.3, -0.25) is 0 Å². The Morgan fingerprint density at radius 3 is 1.04 bits per heavy atom. The summed E-state index contributed by atoms with van der Waals surface area (Å²) in [5, 5.41) is 0. The molecule has 266 valence electrons. The van der Waals surface area contributed by atoms with Gasteiger partial charge < -0.3 is 14.7 Å². The van der Waals surface area contributed by atoms with Crippen LogP contribution >= 0.6 is 23.5 Å². The lowest BCUT2D eigenvalue weighted by atomic mass is 9.34. The molecule has 0 atom stereocenters. The Morgan fingerprint density at radius 1 is 0.339 bits per heavy atom. The summed E-state index contributed by atoms with van der Waals surface area (Å²) < 4.78 is 0. The molecule has 0 N–H and O–H groups in total. The Morgan fingerprint density at radius 2 is 0.643 bits per heavy atom. The van der Waals surface area contributed by atoms with Crippen molar-refractivity contribution in [1.29, 1.82) is 0 Å². The summed E-state index contributed by atoms with van der Waals surface area (Å²) in [7, 11) is 0. The first-order valence-electron chi connectivity index (χ1n) is 19.1. The van der Waals surface area contributed by atoms with Gasteiger partial charge in [-0.05, 0) is 122 Å².